The number of amides is 3. The first-order chi connectivity index (χ1) is 34.2. The number of likely N-dealkylation sites (tertiary alicyclic amines) is 2. The third kappa shape index (κ3) is 16.4. The number of alkyl halides is 2. The molecule has 5 N–H and O–H groups in total. The van der Waals surface area contributed by atoms with E-state index in [1.807, 2.05) is 51.6 Å². The number of nitrogens with zero attached hydrogens (tertiary/aromatic N) is 6. The summed E-state index contributed by atoms with van der Waals surface area (Å²) in [6.07, 6.45) is 0.206. The molecule has 0 spiro atoms. The Balaban J connectivity index is 0.000000580. The molecule has 28 heteroatoms. The average molecular weight is 1150 g/mol. The van der Waals surface area contributed by atoms with E-state index in [4.69, 9.17) is 67.8 Å². The molecule has 0 saturated carbocycles. The number of piperidine rings is 2. The Kier molecular flexibility index (Phi) is 26.3. The molecule has 4 aliphatic rings. The Morgan fingerprint density at radius 3 is 1.69 bits per heavy atom. The molecule has 75 heavy (non-hydrogen) atoms. The van der Waals surface area contributed by atoms with Gasteiger partial charge in [0.2, 0.25) is 0 Å². The van der Waals surface area contributed by atoms with E-state index in [0.29, 0.717) is 82.5 Å². The first kappa shape index (κ1) is 67.9. The summed E-state index contributed by atoms with van der Waals surface area (Å²) < 4.78 is 35.2. The Labute approximate surface area is 489 Å². The molecule has 2 aromatic carbocycles. The predicted molar refractivity (Wildman–Crippen MR) is 291 cm³/mol. The number of aliphatic hydroxyl groups is 1. The van der Waals surface area contributed by atoms with Gasteiger partial charge in [0.15, 0.2) is 23.0 Å². The van der Waals surface area contributed by atoms with Gasteiger partial charge in [-0.2, -0.15) is 9.78 Å². The van der Waals surface area contributed by atoms with Crippen LogP contribution in [0.25, 0.3) is 0 Å². The van der Waals surface area contributed by atoms with Crippen molar-refractivity contribution in [1.82, 2.24) is 40.0 Å². The van der Waals surface area contributed by atoms with Crippen LogP contribution in [-0.2, 0) is 38.5 Å². The number of rotatable bonds is 7. The number of aromatic amines is 1. The van der Waals surface area contributed by atoms with Crippen molar-refractivity contribution in [2.24, 2.45) is 0 Å². The van der Waals surface area contributed by atoms with Crippen LogP contribution in [0.2, 0.25) is 20.1 Å². The van der Waals surface area contributed by atoms with Gasteiger partial charge in [0.05, 0.1) is 55.7 Å². The second-order valence-electron chi connectivity index (χ2n) is 18.3. The average Bonchev–Trinajstić information content (AvgIpc) is 4.09. The summed E-state index contributed by atoms with van der Waals surface area (Å²) in [6, 6.07) is 9.16. The molecule has 8 rings (SSSR count). The summed E-state index contributed by atoms with van der Waals surface area (Å²) in [5.41, 5.74) is -1.48. The van der Waals surface area contributed by atoms with E-state index in [9.17, 15) is 28.4 Å². The number of aliphatic hydroxyl groups excluding tert-OH is 1. The fourth-order valence-corrected chi connectivity index (χ4v) is 9.03. The monoisotopic (exact) mass is 1150 g/mol. The topological polar surface area (TPSA) is 207 Å². The van der Waals surface area contributed by atoms with Crippen LogP contribution in [0.5, 0.6) is 0 Å². The van der Waals surface area contributed by atoms with Crippen molar-refractivity contribution in [3.8, 4) is 0 Å². The van der Waals surface area contributed by atoms with Gasteiger partial charge in [-0.25, -0.2) is 13.6 Å². The van der Waals surface area contributed by atoms with E-state index in [0.717, 1.165) is 19.7 Å². The number of halogens is 7. The van der Waals surface area contributed by atoms with Gasteiger partial charge < -0.3 is 41.9 Å². The molecule has 2 aromatic heterocycles. The molecule has 0 unspecified atom stereocenters. The number of aromatic nitrogens is 4. The van der Waals surface area contributed by atoms with E-state index >= 15 is 4.39 Å². The quantitative estimate of drug-likeness (QED) is 0.120. The standard InChI is InChI=1S/C21H24Cl2FN5O2.C17H18Cl2N4O3.C7H11ClFNO.CH4O.CH4.B3.Na.H/c1-20(2)16-13(11-29(20)19(31)21(24)6-8-28(3)9-7-21)17(27-26-16)25-18(30)12-4-5-14(22)15(23)10-12;1-4-26-16(25)23-13-10(8-20-17(13,2)3)14(22-23)21-15(24)9-5-6-11(18)12(19)7-9;1-10-4-2-7(9,3-5-10)6(8)11;1-2;;1-3-2;;/h4-5,10H,6-9,11H2,1-3H3,(H2,25,26,27,30);5-7,20H,4,8H2,1-3H3,(H,21,22,24);2-5H2,1H3;2H,1H3;1H4;;;/q;;;;;;+1;-1. The van der Waals surface area contributed by atoms with Crippen LogP contribution in [0.3, 0.4) is 0 Å². The molecule has 0 bridgehead atoms. The van der Waals surface area contributed by atoms with Gasteiger partial charge >= 0.3 is 35.7 Å². The van der Waals surface area contributed by atoms with Crippen molar-refractivity contribution in [2.45, 2.75) is 103 Å². The maximum atomic E-state index is 15.5. The molecule has 401 valence electrons. The second kappa shape index (κ2) is 29.1. The Bertz CT molecular complexity index is 2650. The smallest absolute Gasteiger partial charge is 1.00 e. The van der Waals surface area contributed by atoms with Gasteiger partial charge in [-0.15, -0.1) is 5.10 Å². The maximum absolute atomic E-state index is 15.5. The zero-order valence-electron chi connectivity index (χ0n) is 43.7. The summed E-state index contributed by atoms with van der Waals surface area (Å²) in [5.74, 6) is -0.706. The predicted octanol–water partition coefficient (Wildman–Crippen LogP) is 5.17. The van der Waals surface area contributed by atoms with Crippen molar-refractivity contribution in [2.75, 3.05) is 64.6 Å². The molecular formula is C47H62B3Cl5F2N10NaO7. The van der Waals surface area contributed by atoms with Crippen LogP contribution in [0.15, 0.2) is 36.4 Å². The van der Waals surface area contributed by atoms with E-state index in [1.54, 1.807) is 31.2 Å². The fraction of sp³-hybridized carbons (Fsp3) is 0.511. The Morgan fingerprint density at radius 1 is 0.800 bits per heavy atom. The van der Waals surface area contributed by atoms with Crippen LogP contribution < -0.4 is 45.5 Å². The van der Waals surface area contributed by atoms with Crippen LogP contribution in [0, 0.1) is 0 Å². The van der Waals surface area contributed by atoms with Crippen LogP contribution >= 0.6 is 58.0 Å². The molecular weight excluding hydrogens is 1090 g/mol. The Morgan fingerprint density at radius 2 is 1.25 bits per heavy atom. The van der Waals surface area contributed by atoms with Gasteiger partial charge in [-0.05, 0) is 96.7 Å². The molecule has 0 atom stereocenters. The number of nitrogens with one attached hydrogen (secondary N) is 4. The largest absolute Gasteiger partial charge is 1.00 e. The number of H-pyrrole nitrogens is 1. The number of hydrogen-bond donors (Lipinski definition) is 5. The van der Waals surface area contributed by atoms with Crippen molar-refractivity contribution in [3.63, 3.8) is 0 Å². The summed E-state index contributed by atoms with van der Waals surface area (Å²) in [5, 5.41) is 27.6. The minimum Gasteiger partial charge on any atom is -1.00 e. The molecule has 4 aromatic rings. The van der Waals surface area contributed by atoms with Gasteiger partial charge in [-0.3, -0.25) is 24.3 Å². The minimum absolute atomic E-state index is 0. The zero-order valence-corrected chi connectivity index (χ0v) is 48.5. The number of benzene rings is 2. The molecule has 17 nitrogen and oxygen atoms in total. The van der Waals surface area contributed by atoms with Gasteiger partial charge in [0.25, 0.3) is 23.0 Å². The van der Waals surface area contributed by atoms with Gasteiger partial charge in [-0.1, -0.05) is 53.8 Å². The van der Waals surface area contributed by atoms with Crippen molar-refractivity contribution >= 4 is 121 Å². The zero-order chi connectivity index (χ0) is 54.8. The summed E-state index contributed by atoms with van der Waals surface area (Å²) >= 11 is 28.9. The summed E-state index contributed by atoms with van der Waals surface area (Å²) in [6.45, 7) is 12.4. The van der Waals surface area contributed by atoms with E-state index in [2.05, 4.69) is 46.7 Å². The fourth-order valence-electron chi connectivity index (χ4n) is 8.25. The third-order valence-corrected chi connectivity index (χ3v) is 14.4. The second-order valence-corrected chi connectivity index (χ2v) is 20.3. The Hall–Kier alpha value is -3.25. The molecule has 3 amide bonds. The minimum atomic E-state index is -1.88. The van der Waals surface area contributed by atoms with E-state index < -0.39 is 51.5 Å². The molecule has 0 aliphatic carbocycles. The number of carbonyl (C=O) groups is 5. The maximum Gasteiger partial charge on any atom is 1.00 e. The van der Waals surface area contributed by atoms with Crippen molar-refractivity contribution in [3.05, 3.63) is 90.1 Å². The number of ether oxygens (including phenoxy) is 1. The van der Waals surface area contributed by atoms with Crippen molar-refractivity contribution < 1.29 is 73.6 Å². The van der Waals surface area contributed by atoms with Gasteiger partial charge in [0.1, 0.15) is 0 Å². The summed E-state index contributed by atoms with van der Waals surface area (Å²) in [4.78, 5) is 66.8. The van der Waals surface area contributed by atoms with E-state index in [1.165, 1.54) is 21.7 Å². The molecule has 2 saturated heterocycles. The SMILES string of the molecule is C.CCOC(=O)n1nc(NC(=O)c2ccc(Cl)c(Cl)c2)c2c1C(C)(C)NC2.CN1CCC(F)(C(=O)Cl)CC1.CN1CCC(F)(C(=O)N2Cc3c(NC(=O)c4ccc(Cl)c(Cl)c4)n[nH]c3C2(C)C)CC1.CO.[B][B][B].[H-].[Na+]. The van der Waals surface area contributed by atoms with Crippen LogP contribution in [0.4, 0.5) is 25.2 Å². The number of fused-ring (bicyclic) bond motifs is 2. The van der Waals surface area contributed by atoms with E-state index in [-0.39, 0.29) is 87.3 Å². The normalized spacial score (nSPS) is 17.3. The first-order valence-corrected chi connectivity index (χ1v) is 24.7. The molecule has 5 radical (unpaired) electrons. The number of hydrogen-bond acceptors (Lipinski definition) is 12. The van der Waals surface area contributed by atoms with Crippen LogP contribution in [-0.4, -0.2) is 157 Å². The molecule has 2 fully saturated rings. The summed E-state index contributed by atoms with van der Waals surface area (Å²) in [7, 11) is 14.8. The first-order valence-electron chi connectivity index (χ1n) is 22.8. The molecule has 4 aliphatic heterocycles. The van der Waals surface area contributed by atoms with Crippen LogP contribution in [0.1, 0.15) is 112 Å². The number of carbonyl (C=O) groups excluding carboxylic acids is 5. The third-order valence-electron chi connectivity index (χ3n) is 12.6. The molecule has 6 heterocycles. The van der Waals surface area contributed by atoms with Crippen molar-refractivity contribution in [1.29, 1.82) is 0 Å². The number of anilines is 2. The van der Waals surface area contributed by atoms with Gasteiger partial charge in [0, 0.05) is 110 Å².